The number of hydrogen-bond donors (Lipinski definition) is 1. The molecule has 0 amide bonds. The van der Waals surface area contributed by atoms with Gasteiger partial charge in [-0.05, 0) is 6.42 Å². The Morgan fingerprint density at radius 1 is 1.50 bits per heavy atom. The highest BCUT2D eigenvalue weighted by molar-refractivity contribution is 5.80. The van der Waals surface area contributed by atoms with E-state index in [1.165, 1.54) is 0 Å². The maximum absolute atomic E-state index is 10.6. The SMILES string of the molecule is CCCOCC(=O)CON. The molecule has 0 aliphatic heterocycles. The Bertz CT molecular complexity index is 95.0. The van der Waals surface area contributed by atoms with Gasteiger partial charge in [-0.25, -0.2) is 5.90 Å². The van der Waals surface area contributed by atoms with Gasteiger partial charge >= 0.3 is 0 Å². The van der Waals surface area contributed by atoms with Crippen molar-refractivity contribution in [2.75, 3.05) is 19.8 Å². The Kier molecular flexibility index (Phi) is 6.37. The summed E-state index contributed by atoms with van der Waals surface area (Å²) in [5.41, 5.74) is 0. The average molecular weight is 147 g/mol. The van der Waals surface area contributed by atoms with E-state index in [0.29, 0.717) is 6.61 Å². The Balaban J connectivity index is 3.05. The van der Waals surface area contributed by atoms with Gasteiger partial charge in [-0.2, -0.15) is 0 Å². The molecule has 4 heteroatoms. The summed E-state index contributed by atoms with van der Waals surface area (Å²) in [7, 11) is 0. The topological polar surface area (TPSA) is 61.5 Å². The third-order valence-corrected chi connectivity index (χ3v) is 0.856. The summed E-state index contributed by atoms with van der Waals surface area (Å²) in [6.07, 6.45) is 0.913. The number of carbonyl (C=O) groups is 1. The first-order valence-corrected chi connectivity index (χ1v) is 3.22. The molecule has 0 unspecified atom stereocenters. The molecule has 0 saturated carbocycles. The lowest BCUT2D eigenvalue weighted by Gasteiger charge is -1.99. The number of nitrogens with two attached hydrogens (primary N) is 1. The summed E-state index contributed by atoms with van der Waals surface area (Å²) in [4.78, 5) is 14.7. The summed E-state index contributed by atoms with van der Waals surface area (Å²) >= 11 is 0. The molecular formula is C6H13NO3. The molecule has 0 aliphatic carbocycles. The van der Waals surface area contributed by atoms with Gasteiger partial charge in [-0.3, -0.25) is 9.63 Å². The van der Waals surface area contributed by atoms with Gasteiger partial charge in [0, 0.05) is 6.61 Å². The van der Waals surface area contributed by atoms with Crippen molar-refractivity contribution in [1.29, 1.82) is 0 Å². The van der Waals surface area contributed by atoms with Crippen LogP contribution in [0.15, 0.2) is 0 Å². The summed E-state index contributed by atoms with van der Waals surface area (Å²) in [6, 6.07) is 0. The maximum atomic E-state index is 10.6. The minimum absolute atomic E-state index is 0.0658. The lowest BCUT2D eigenvalue weighted by Crippen LogP contribution is -2.17. The summed E-state index contributed by atoms with van der Waals surface area (Å²) < 4.78 is 4.91. The molecule has 0 spiro atoms. The van der Waals surface area contributed by atoms with Gasteiger partial charge in [0.2, 0.25) is 0 Å². The highest BCUT2D eigenvalue weighted by Crippen LogP contribution is 1.81. The molecule has 0 rings (SSSR count). The predicted molar refractivity (Wildman–Crippen MR) is 36.3 cm³/mol. The van der Waals surface area contributed by atoms with Crippen LogP contribution in [0.3, 0.4) is 0 Å². The van der Waals surface area contributed by atoms with Crippen molar-refractivity contribution in [2.45, 2.75) is 13.3 Å². The molecule has 10 heavy (non-hydrogen) atoms. The average Bonchev–Trinajstić information content (AvgIpc) is 1.89. The van der Waals surface area contributed by atoms with Gasteiger partial charge in [0.1, 0.15) is 13.2 Å². The van der Waals surface area contributed by atoms with E-state index in [4.69, 9.17) is 4.74 Å². The van der Waals surface area contributed by atoms with E-state index in [0.717, 1.165) is 6.42 Å². The van der Waals surface area contributed by atoms with Gasteiger partial charge < -0.3 is 4.74 Å². The number of rotatable bonds is 6. The highest BCUT2D eigenvalue weighted by atomic mass is 16.6. The Hall–Kier alpha value is -0.450. The van der Waals surface area contributed by atoms with Crippen molar-refractivity contribution in [3.8, 4) is 0 Å². The monoisotopic (exact) mass is 147 g/mol. The number of Topliss-reactive ketones (excluding diaryl/α,β-unsaturated/α-hetero) is 1. The third kappa shape index (κ3) is 5.68. The number of hydrogen-bond acceptors (Lipinski definition) is 4. The Morgan fingerprint density at radius 2 is 2.20 bits per heavy atom. The van der Waals surface area contributed by atoms with E-state index < -0.39 is 0 Å². The van der Waals surface area contributed by atoms with Crippen LogP contribution in [-0.2, 0) is 14.4 Å². The van der Waals surface area contributed by atoms with Crippen LogP contribution in [0, 0.1) is 0 Å². The standard InChI is InChI=1S/C6H13NO3/c1-2-3-9-4-6(8)5-10-7/h2-5,7H2,1H3. The van der Waals surface area contributed by atoms with E-state index in [1.807, 2.05) is 6.92 Å². The minimum atomic E-state index is -0.129. The first-order valence-electron chi connectivity index (χ1n) is 3.22. The molecule has 2 N–H and O–H groups in total. The second-order valence-corrected chi connectivity index (χ2v) is 1.90. The van der Waals surface area contributed by atoms with Crippen molar-refractivity contribution in [3.63, 3.8) is 0 Å². The predicted octanol–water partition coefficient (Wildman–Crippen LogP) is -0.128. The quantitative estimate of drug-likeness (QED) is 0.420. The van der Waals surface area contributed by atoms with Crippen LogP contribution in [0.4, 0.5) is 0 Å². The number of ketones is 1. The van der Waals surface area contributed by atoms with E-state index in [1.54, 1.807) is 0 Å². The van der Waals surface area contributed by atoms with Crippen molar-refractivity contribution >= 4 is 5.78 Å². The van der Waals surface area contributed by atoms with Crippen LogP contribution in [0.2, 0.25) is 0 Å². The molecule has 0 radical (unpaired) electrons. The minimum Gasteiger partial charge on any atom is -0.374 e. The highest BCUT2D eigenvalue weighted by Gasteiger charge is 1.99. The van der Waals surface area contributed by atoms with E-state index in [9.17, 15) is 4.79 Å². The first kappa shape index (κ1) is 9.55. The fourth-order valence-electron chi connectivity index (χ4n) is 0.465. The fraction of sp³-hybridized carbons (Fsp3) is 0.833. The second kappa shape index (κ2) is 6.67. The van der Waals surface area contributed by atoms with Crippen LogP contribution in [0.5, 0.6) is 0 Å². The molecule has 0 aromatic heterocycles. The van der Waals surface area contributed by atoms with Crippen LogP contribution in [0.25, 0.3) is 0 Å². The lowest BCUT2D eigenvalue weighted by molar-refractivity contribution is -0.128. The molecular weight excluding hydrogens is 134 g/mol. The number of carbonyl (C=O) groups excluding carboxylic acids is 1. The molecule has 0 aromatic rings. The van der Waals surface area contributed by atoms with Gasteiger partial charge in [0.15, 0.2) is 5.78 Å². The van der Waals surface area contributed by atoms with E-state index >= 15 is 0 Å². The maximum Gasteiger partial charge on any atom is 0.186 e. The largest absolute Gasteiger partial charge is 0.374 e. The van der Waals surface area contributed by atoms with Gasteiger partial charge in [0.25, 0.3) is 0 Å². The smallest absolute Gasteiger partial charge is 0.186 e. The Labute approximate surface area is 60.2 Å². The van der Waals surface area contributed by atoms with Crippen LogP contribution in [-0.4, -0.2) is 25.6 Å². The van der Waals surface area contributed by atoms with Gasteiger partial charge in [-0.1, -0.05) is 6.92 Å². The molecule has 0 bridgehead atoms. The summed E-state index contributed by atoms with van der Waals surface area (Å²) in [5.74, 6) is 4.53. The van der Waals surface area contributed by atoms with Gasteiger partial charge in [-0.15, -0.1) is 0 Å². The third-order valence-electron chi connectivity index (χ3n) is 0.856. The summed E-state index contributed by atoms with van der Waals surface area (Å²) in [6.45, 7) is 2.62. The first-order chi connectivity index (χ1) is 4.81. The van der Waals surface area contributed by atoms with Crippen molar-refractivity contribution in [3.05, 3.63) is 0 Å². The van der Waals surface area contributed by atoms with Crippen molar-refractivity contribution in [2.24, 2.45) is 5.90 Å². The van der Waals surface area contributed by atoms with Crippen molar-refractivity contribution < 1.29 is 14.4 Å². The second-order valence-electron chi connectivity index (χ2n) is 1.90. The van der Waals surface area contributed by atoms with Crippen molar-refractivity contribution in [1.82, 2.24) is 0 Å². The molecule has 60 valence electrons. The molecule has 0 atom stereocenters. The molecule has 0 fully saturated rings. The zero-order valence-electron chi connectivity index (χ0n) is 6.13. The van der Waals surface area contributed by atoms with Crippen LogP contribution >= 0.6 is 0 Å². The molecule has 0 heterocycles. The lowest BCUT2D eigenvalue weighted by atomic mass is 10.4. The van der Waals surface area contributed by atoms with Gasteiger partial charge in [0.05, 0.1) is 0 Å². The zero-order valence-corrected chi connectivity index (χ0v) is 6.13. The number of ether oxygens (including phenoxy) is 1. The van der Waals surface area contributed by atoms with Crippen LogP contribution in [0.1, 0.15) is 13.3 Å². The Morgan fingerprint density at radius 3 is 2.70 bits per heavy atom. The normalized spacial score (nSPS) is 9.80. The zero-order chi connectivity index (χ0) is 7.82. The molecule has 4 nitrogen and oxygen atoms in total. The van der Waals surface area contributed by atoms with Crippen LogP contribution < -0.4 is 5.90 Å². The summed E-state index contributed by atoms with van der Waals surface area (Å²) in [5, 5.41) is 0. The fourth-order valence-corrected chi connectivity index (χ4v) is 0.465. The van der Waals surface area contributed by atoms with E-state index in [2.05, 4.69) is 10.7 Å². The molecule has 0 aromatic carbocycles. The molecule has 0 saturated heterocycles. The van der Waals surface area contributed by atoms with E-state index in [-0.39, 0.29) is 19.0 Å². The molecule has 0 aliphatic rings.